The van der Waals surface area contributed by atoms with E-state index in [9.17, 15) is 9.59 Å². The first-order valence-electron chi connectivity index (χ1n) is 10.5. The van der Waals surface area contributed by atoms with Crippen molar-refractivity contribution in [2.24, 2.45) is 7.05 Å². The summed E-state index contributed by atoms with van der Waals surface area (Å²) in [6.45, 7) is 4.54. The van der Waals surface area contributed by atoms with E-state index < -0.39 is 0 Å². The minimum atomic E-state index is -0.148. The molecule has 7 nitrogen and oxygen atoms in total. The van der Waals surface area contributed by atoms with Gasteiger partial charge in [0, 0.05) is 41.9 Å². The Bertz CT molecular complexity index is 1290. The number of fused-ring (bicyclic) bond motifs is 1. The summed E-state index contributed by atoms with van der Waals surface area (Å²) in [5, 5.41) is 13.0. The van der Waals surface area contributed by atoms with Crippen molar-refractivity contribution >= 4 is 40.0 Å². The SMILES string of the molecule is CCn1c(CC(=O)Nc2ccccc2C)nnc1SCC(=O)c1cn(C)c2ccccc12. The molecule has 4 aromatic rings. The molecule has 0 bridgehead atoms. The van der Waals surface area contributed by atoms with E-state index in [0.29, 0.717) is 23.1 Å². The molecule has 2 heterocycles. The Hall–Kier alpha value is -3.39. The van der Waals surface area contributed by atoms with Crippen molar-refractivity contribution in [1.29, 1.82) is 0 Å². The van der Waals surface area contributed by atoms with Crippen LogP contribution in [-0.2, 0) is 24.8 Å². The van der Waals surface area contributed by atoms with Crippen molar-refractivity contribution in [2.45, 2.75) is 32.0 Å². The maximum Gasteiger partial charge on any atom is 0.232 e. The third kappa shape index (κ3) is 4.45. The zero-order chi connectivity index (χ0) is 22.7. The third-order valence-electron chi connectivity index (χ3n) is 5.38. The molecule has 4 rings (SSSR count). The van der Waals surface area contributed by atoms with Crippen LogP contribution >= 0.6 is 11.8 Å². The van der Waals surface area contributed by atoms with Crippen LogP contribution in [0.2, 0.25) is 0 Å². The number of carbonyl (C=O) groups excluding carboxylic acids is 2. The number of aryl methyl sites for hydroxylation is 2. The van der Waals surface area contributed by atoms with E-state index in [1.807, 2.05) is 84.8 Å². The average Bonchev–Trinajstić information content (AvgIpc) is 3.34. The fourth-order valence-electron chi connectivity index (χ4n) is 3.70. The van der Waals surface area contributed by atoms with Crippen LogP contribution in [0.1, 0.15) is 28.7 Å². The first-order valence-corrected chi connectivity index (χ1v) is 11.4. The minimum absolute atomic E-state index is 0.0382. The molecule has 0 unspecified atom stereocenters. The molecule has 2 aromatic carbocycles. The minimum Gasteiger partial charge on any atom is -0.350 e. The number of para-hydroxylation sites is 2. The zero-order valence-electron chi connectivity index (χ0n) is 18.3. The molecular weight excluding hydrogens is 422 g/mol. The second-order valence-electron chi connectivity index (χ2n) is 7.57. The molecule has 164 valence electrons. The van der Waals surface area contributed by atoms with E-state index in [1.54, 1.807) is 0 Å². The van der Waals surface area contributed by atoms with Gasteiger partial charge in [0.1, 0.15) is 5.82 Å². The second kappa shape index (κ2) is 9.40. The van der Waals surface area contributed by atoms with Crippen molar-refractivity contribution in [2.75, 3.05) is 11.1 Å². The monoisotopic (exact) mass is 447 g/mol. The zero-order valence-corrected chi connectivity index (χ0v) is 19.1. The Morgan fingerprint density at radius 2 is 1.81 bits per heavy atom. The molecule has 32 heavy (non-hydrogen) atoms. The Balaban J connectivity index is 1.44. The molecule has 0 radical (unpaired) electrons. The molecule has 8 heteroatoms. The van der Waals surface area contributed by atoms with Gasteiger partial charge in [0.15, 0.2) is 10.9 Å². The lowest BCUT2D eigenvalue weighted by Crippen LogP contribution is -2.18. The van der Waals surface area contributed by atoms with Crippen LogP contribution in [0.3, 0.4) is 0 Å². The summed E-state index contributed by atoms with van der Waals surface area (Å²) >= 11 is 1.35. The highest BCUT2D eigenvalue weighted by Crippen LogP contribution is 2.24. The Kier molecular flexibility index (Phi) is 6.41. The molecule has 1 amide bonds. The van der Waals surface area contributed by atoms with Gasteiger partial charge in [0.2, 0.25) is 5.91 Å². The lowest BCUT2D eigenvalue weighted by atomic mass is 10.1. The summed E-state index contributed by atoms with van der Waals surface area (Å²) < 4.78 is 3.85. The number of amides is 1. The lowest BCUT2D eigenvalue weighted by molar-refractivity contribution is -0.115. The van der Waals surface area contributed by atoms with Crippen LogP contribution in [0.15, 0.2) is 59.9 Å². The maximum absolute atomic E-state index is 12.9. The van der Waals surface area contributed by atoms with Gasteiger partial charge >= 0.3 is 0 Å². The average molecular weight is 448 g/mol. The summed E-state index contributed by atoms with van der Waals surface area (Å²) in [6, 6.07) is 15.5. The first kappa shape index (κ1) is 21.8. The van der Waals surface area contributed by atoms with E-state index in [2.05, 4.69) is 15.5 Å². The van der Waals surface area contributed by atoms with Crippen molar-refractivity contribution in [1.82, 2.24) is 19.3 Å². The number of carbonyl (C=O) groups is 2. The Morgan fingerprint density at radius 3 is 2.59 bits per heavy atom. The molecule has 0 aliphatic rings. The molecule has 0 aliphatic heterocycles. The number of hydrogen-bond donors (Lipinski definition) is 1. The Morgan fingerprint density at radius 1 is 1.06 bits per heavy atom. The van der Waals surface area contributed by atoms with Gasteiger partial charge in [-0.25, -0.2) is 0 Å². The number of Topliss-reactive ketones (excluding diaryl/α,β-unsaturated/α-hetero) is 1. The molecular formula is C24H25N5O2S. The molecule has 0 saturated heterocycles. The van der Waals surface area contributed by atoms with E-state index >= 15 is 0 Å². The van der Waals surface area contributed by atoms with Crippen LogP contribution < -0.4 is 5.32 Å². The number of anilines is 1. The van der Waals surface area contributed by atoms with Crippen LogP contribution in [-0.4, -0.2) is 36.8 Å². The fraction of sp³-hybridized carbons (Fsp3) is 0.250. The summed E-state index contributed by atoms with van der Waals surface area (Å²) in [5.74, 6) is 0.724. The maximum atomic E-state index is 12.9. The van der Waals surface area contributed by atoms with Crippen LogP contribution in [0.5, 0.6) is 0 Å². The van der Waals surface area contributed by atoms with Crippen LogP contribution in [0.4, 0.5) is 5.69 Å². The van der Waals surface area contributed by atoms with Gasteiger partial charge in [0.05, 0.1) is 12.2 Å². The highest BCUT2D eigenvalue weighted by molar-refractivity contribution is 7.99. The fourth-order valence-corrected chi connectivity index (χ4v) is 4.60. The quantitative estimate of drug-likeness (QED) is 0.322. The predicted octanol–water partition coefficient (Wildman–Crippen LogP) is 4.25. The largest absolute Gasteiger partial charge is 0.350 e. The van der Waals surface area contributed by atoms with Gasteiger partial charge in [-0.1, -0.05) is 48.2 Å². The highest BCUT2D eigenvalue weighted by Gasteiger charge is 2.18. The van der Waals surface area contributed by atoms with Crippen LogP contribution in [0.25, 0.3) is 10.9 Å². The first-order chi connectivity index (χ1) is 15.5. The number of hydrogen-bond acceptors (Lipinski definition) is 5. The molecule has 2 aromatic heterocycles. The van der Waals surface area contributed by atoms with E-state index in [-0.39, 0.29) is 23.9 Å². The number of rotatable bonds is 8. The number of nitrogens with zero attached hydrogens (tertiary/aromatic N) is 4. The van der Waals surface area contributed by atoms with E-state index in [1.165, 1.54) is 11.8 Å². The molecule has 0 atom stereocenters. The molecule has 0 spiro atoms. The molecule has 0 fully saturated rings. The summed E-state index contributed by atoms with van der Waals surface area (Å²) in [5.41, 5.74) is 3.52. The number of benzene rings is 2. The highest BCUT2D eigenvalue weighted by atomic mass is 32.2. The summed E-state index contributed by atoms with van der Waals surface area (Å²) in [4.78, 5) is 25.4. The predicted molar refractivity (Wildman–Crippen MR) is 127 cm³/mol. The van der Waals surface area contributed by atoms with Gasteiger partial charge in [0.25, 0.3) is 0 Å². The van der Waals surface area contributed by atoms with Gasteiger partial charge in [-0.3, -0.25) is 9.59 Å². The third-order valence-corrected chi connectivity index (χ3v) is 6.34. The summed E-state index contributed by atoms with van der Waals surface area (Å²) in [7, 11) is 1.94. The normalized spacial score (nSPS) is 11.1. The molecule has 0 saturated carbocycles. The Labute approximate surface area is 190 Å². The smallest absolute Gasteiger partial charge is 0.232 e. The van der Waals surface area contributed by atoms with E-state index in [0.717, 1.165) is 22.2 Å². The molecule has 0 aliphatic carbocycles. The number of aromatic nitrogens is 4. The number of thioether (sulfide) groups is 1. The summed E-state index contributed by atoms with van der Waals surface area (Å²) in [6.07, 6.45) is 1.99. The van der Waals surface area contributed by atoms with Crippen molar-refractivity contribution in [3.8, 4) is 0 Å². The van der Waals surface area contributed by atoms with Crippen molar-refractivity contribution in [3.05, 3.63) is 71.7 Å². The van der Waals surface area contributed by atoms with Gasteiger partial charge in [-0.05, 0) is 31.5 Å². The van der Waals surface area contributed by atoms with Gasteiger partial charge < -0.3 is 14.5 Å². The van der Waals surface area contributed by atoms with Gasteiger partial charge in [-0.2, -0.15) is 0 Å². The van der Waals surface area contributed by atoms with Crippen molar-refractivity contribution < 1.29 is 9.59 Å². The lowest BCUT2D eigenvalue weighted by Gasteiger charge is -2.09. The molecule has 1 N–H and O–H groups in total. The van der Waals surface area contributed by atoms with E-state index in [4.69, 9.17) is 0 Å². The topological polar surface area (TPSA) is 81.8 Å². The van der Waals surface area contributed by atoms with Gasteiger partial charge in [-0.15, -0.1) is 10.2 Å². The second-order valence-corrected chi connectivity index (χ2v) is 8.51. The number of ketones is 1. The van der Waals surface area contributed by atoms with Crippen molar-refractivity contribution in [3.63, 3.8) is 0 Å². The van der Waals surface area contributed by atoms with Crippen LogP contribution in [0, 0.1) is 6.92 Å². The standard InChI is InChI=1S/C24H25N5O2S/c1-4-29-22(13-23(31)25-19-11-7-5-9-16(19)2)26-27-24(29)32-15-21(30)18-14-28(3)20-12-8-6-10-17(18)20/h5-12,14H,4,13,15H2,1-3H3,(H,25,31). The number of nitrogens with one attached hydrogen (secondary N) is 1.